The van der Waals surface area contributed by atoms with Gasteiger partial charge in [0, 0.05) is 11.1 Å². The van der Waals surface area contributed by atoms with Gasteiger partial charge in [-0.1, -0.05) is 63.2 Å². The second kappa shape index (κ2) is 9.28. The van der Waals surface area contributed by atoms with E-state index in [1.165, 1.54) is 5.56 Å². The van der Waals surface area contributed by atoms with Crippen molar-refractivity contribution < 1.29 is 18.6 Å². The Hall–Kier alpha value is -2.45. The summed E-state index contributed by atoms with van der Waals surface area (Å²) in [5.74, 6) is 0. The molecule has 2 aromatic rings. The van der Waals surface area contributed by atoms with Crippen LogP contribution in [0.2, 0.25) is 0 Å². The number of nitrogens with zero attached hydrogens (tertiary/aromatic N) is 2. The molecule has 0 amide bonds. The van der Waals surface area contributed by atoms with Gasteiger partial charge in [0.2, 0.25) is 0 Å². The summed E-state index contributed by atoms with van der Waals surface area (Å²) >= 11 is 0. The lowest BCUT2D eigenvalue weighted by Crippen LogP contribution is -2.47. The molecule has 3 heterocycles. The molecule has 2 aromatic carbocycles. The van der Waals surface area contributed by atoms with Crippen LogP contribution in [0.3, 0.4) is 0 Å². The molecule has 3 aliphatic heterocycles. The van der Waals surface area contributed by atoms with Crippen molar-refractivity contribution >= 4 is 37.8 Å². The van der Waals surface area contributed by atoms with Gasteiger partial charge in [0.25, 0.3) is 0 Å². The quantitative estimate of drug-likeness (QED) is 0.578. The zero-order valence-corrected chi connectivity index (χ0v) is 25.9. The maximum absolute atomic E-state index is 6.49. The van der Waals surface area contributed by atoms with E-state index in [1.54, 1.807) is 12.7 Å². The Bertz CT molecular complexity index is 1260. The van der Waals surface area contributed by atoms with Gasteiger partial charge in [-0.05, 0) is 77.3 Å². The van der Waals surface area contributed by atoms with Gasteiger partial charge in [0.05, 0.1) is 28.7 Å². The smallest absolute Gasteiger partial charge is 0.399 e. The molecule has 3 aliphatic rings. The zero-order chi connectivity index (χ0) is 29.4. The monoisotopic (exact) mass is 543 g/mol. The lowest BCUT2D eigenvalue weighted by atomic mass is 9.69. The Labute approximate surface area is 240 Å². The van der Waals surface area contributed by atoms with Gasteiger partial charge in [0.1, 0.15) is 6.34 Å². The van der Waals surface area contributed by atoms with Crippen molar-refractivity contribution in [1.29, 1.82) is 0 Å². The Kier molecular flexibility index (Phi) is 6.74. The highest BCUT2D eigenvalue weighted by Gasteiger charge is 2.54. The van der Waals surface area contributed by atoms with E-state index in [9.17, 15) is 0 Å². The van der Waals surface area contributed by atoms with E-state index in [2.05, 4.69) is 129 Å². The average Bonchev–Trinajstić information content (AvgIpc) is 3.23. The van der Waals surface area contributed by atoms with Crippen molar-refractivity contribution in [2.24, 2.45) is 9.98 Å². The standard InChI is InChI=1S/C31H43B2N3O4/c1-26(2,3)21-12-14-22(15-13-21)31(35-19-34-20-36-31)23-16-24(32-37-27(4,5)28(6,7)38-32)18-25(17-23)33-39-29(8,9)30(10,11)40-33/h12-20H,1-11H3,(H,34,35,36). The molecule has 0 aromatic heterocycles. The number of hydrogen-bond acceptors (Lipinski definition) is 7. The fourth-order valence-electron chi connectivity index (χ4n) is 5.13. The van der Waals surface area contributed by atoms with Gasteiger partial charge < -0.3 is 23.9 Å². The summed E-state index contributed by atoms with van der Waals surface area (Å²) in [5.41, 5.74) is 2.14. The summed E-state index contributed by atoms with van der Waals surface area (Å²) in [5, 5.41) is 3.47. The predicted octanol–water partition coefficient (Wildman–Crippen LogP) is 4.44. The Morgan fingerprint density at radius 3 is 1.48 bits per heavy atom. The predicted molar refractivity (Wildman–Crippen MR) is 164 cm³/mol. The molecule has 1 atom stereocenters. The maximum Gasteiger partial charge on any atom is 0.494 e. The van der Waals surface area contributed by atoms with E-state index in [1.807, 2.05) is 0 Å². The summed E-state index contributed by atoms with van der Waals surface area (Å²) in [6, 6.07) is 14.9. The maximum atomic E-state index is 6.49. The second-order valence-electron chi connectivity index (χ2n) is 14.3. The van der Waals surface area contributed by atoms with Crippen molar-refractivity contribution in [2.75, 3.05) is 0 Å². The van der Waals surface area contributed by atoms with Gasteiger partial charge in [0.15, 0.2) is 5.66 Å². The fraction of sp³-hybridized carbons (Fsp3) is 0.548. The minimum atomic E-state index is -0.907. The lowest BCUT2D eigenvalue weighted by Gasteiger charge is -2.34. The van der Waals surface area contributed by atoms with Crippen LogP contribution in [0.1, 0.15) is 92.9 Å². The van der Waals surface area contributed by atoms with Gasteiger partial charge in [-0.25, -0.2) is 9.98 Å². The summed E-state index contributed by atoms with van der Waals surface area (Å²) < 4.78 is 26.0. The van der Waals surface area contributed by atoms with Gasteiger partial charge in [-0.2, -0.15) is 0 Å². The molecular weight excluding hydrogens is 500 g/mol. The topological polar surface area (TPSA) is 73.7 Å². The van der Waals surface area contributed by atoms with Crippen molar-refractivity contribution in [3.05, 3.63) is 59.2 Å². The molecule has 2 fully saturated rings. The van der Waals surface area contributed by atoms with Crippen molar-refractivity contribution in [1.82, 2.24) is 5.32 Å². The first-order chi connectivity index (χ1) is 18.4. The fourth-order valence-corrected chi connectivity index (χ4v) is 5.13. The highest BCUT2D eigenvalue weighted by molar-refractivity contribution is 6.66. The Morgan fingerprint density at radius 1 is 0.650 bits per heavy atom. The van der Waals surface area contributed by atoms with Crippen LogP contribution in [0, 0.1) is 0 Å². The third kappa shape index (κ3) is 4.85. The minimum Gasteiger partial charge on any atom is -0.399 e. The summed E-state index contributed by atoms with van der Waals surface area (Å²) in [6.07, 6.45) is 3.30. The first kappa shape index (κ1) is 29.1. The molecule has 0 bridgehead atoms. The molecule has 40 heavy (non-hydrogen) atoms. The zero-order valence-electron chi connectivity index (χ0n) is 25.9. The van der Waals surface area contributed by atoms with Gasteiger partial charge >= 0.3 is 14.2 Å². The van der Waals surface area contributed by atoms with Crippen LogP contribution < -0.4 is 16.2 Å². The summed E-state index contributed by atoms with van der Waals surface area (Å²) in [7, 11) is -1.12. The third-order valence-electron chi connectivity index (χ3n) is 9.28. The number of nitrogens with one attached hydrogen (secondary N) is 1. The molecule has 0 spiro atoms. The molecule has 7 nitrogen and oxygen atoms in total. The van der Waals surface area contributed by atoms with Gasteiger partial charge in [-0.15, -0.1) is 0 Å². The Morgan fingerprint density at radius 2 is 1.10 bits per heavy atom. The van der Waals surface area contributed by atoms with Crippen molar-refractivity contribution in [3.8, 4) is 0 Å². The lowest BCUT2D eigenvalue weighted by molar-refractivity contribution is 0.00578. The number of aliphatic imine (C=N–C) groups is 2. The number of rotatable bonds is 4. The van der Waals surface area contributed by atoms with E-state index in [4.69, 9.17) is 23.6 Å². The van der Waals surface area contributed by atoms with E-state index in [-0.39, 0.29) is 5.41 Å². The second-order valence-corrected chi connectivity index (χ2v) is 14.3. The molecule has 5 rings (SSSR count). The van der Waals surface area contributed by atoms with E-state index >= 15 is 0 Å². The third-order valence-corrected chi connectivity index (χ3v) is 9.28. The highest BCUT2D eigenvalue weighted by Crippen LogP contribution is 2.39. The van der Waals surface area contributed by atoms with Crippen LogP contribution in [0.25, 0.3) is 0 Å². The highest BCUT2D eigenvalue weighted by atomic mass is 16.7. The molecule has 1 unspecified atom stereocenters. The van der Waals surface area contributed by atoms with Crippen LogP contribution in [0.4, 0.5) is 0 Å². The number of benzene rings is 2. The summed E-state index contributed by atoms with van der Waals surface area (Å²) in [6.45, 7) is 23.1. The molecule has 0 aliphatic carbocycles. The van der Waals surface area contributed by atoms with Crippen LogP contribution in [0.5, 0.6) is 0 Å². The normalized spacial score (nSPS) is 26.3. The minimum absolute atomic E-state index is 0.0387. The average molecular weight is 543 g/mol. The van der Waals surface area contributed by atoms with Crippen LogP contribution in [-0.4, -0.2) is 49.3 Å². The molecule has 212 valence electrons. The molecule has 0 radical (unpaired) electrons. The van der Waals surface area contributed by atoms with Crippen LogP contribution >= 0.6 is 0 Å². The van der Waals surface area contributed by atoms with E-state index in [0.717, 1.165) is 22.1 Å². The molecular formula is C31H43B2N3O4. The summed E-state index contributed by atoms with van der Waals surface area (Å²) in [4.78, 5) is 9.18. The Balaban J connectivity index is 1.66. The molecule has 1 N–H and O–H groups in total. The van der Waals surface area contributed by atoms with Crippen LogP contribution in [-0.2, 0) is 29.7 Å². The SMILES string of the molecule is CC(C)(C)c1ccc(C2(c3cc(B4OC(C)(C)C(C)(C)O4)cc(B4OC(C)(C)C(C)(C)O4)c3)N=CN=CN2)cc1. The molecule has 9 heteroatoms. The molecule has 0 saturated carbocycles. The van der Waals surface area contributed by atoms with Crippen molar-refractivity contribution in [2.45, 2.75) is 110 Å². The van der Waals surface area contributed by atoms with E-state index in [0.29, 0.717) is 0 Å². The first-order valence-electron chi connectivity index (χ1n) is 14.2. The largest absolute Gasteiger partial charge is 0.494 e. The number of hydrogen-bond donors (Lipinski definition) is 1. The molecule has 2 saturated heterocycles. The van der Waals surface area contributed by atoms with E-state index < -0.39 is 42.3 Å². The van der Waals surface area contributed by atoms with Crippen LogP contribution in [0.15, 0.2) is 52.4 Å². The van der Waals surface area contributed by atoms with Gasteiger partial charge in [-0.3, -0.25) is 0 Å². The van der Waals surface area contributed by atoms with Crippen molar-refractivity contribution in [3.63, 3.8) is 0 Å². The first-order valence-corrected chi connectivity index (χ1v) is 14.2.